The summed E-state index contributed by atoms with van der Waals surface area (Å²) in [5.41, 5.74) is 2.98. The minimum Gasteiger partial charge on any atom is -0.457 e. The summed E-state index contributed by atoms with van der Waals surface area (Å²) in [4.78, 5) is 22.9. The maximum absolute atomic E-state index is 11.6. The minimum atomic E-state index is -0.489. The zero-order chi connectivity index (χ0) is 22.4. The molecule has 156 valence electrons. The molecule has 31 heavy (non-hydrogen) atoms. The highest BCUT2D eigenvalue weighted by molar-refractivity contribution is 5.88. The van der Waals surface area contributed by atoms with Crippen molar-refractivity contribution in [1.82, 2.24) is 0 Å². The second kappa shape index (κ2) is 9.59. The molecule has 0 atom stereocenters. The average Bonchev–Trinajstić information content (AvgIpc) is 3.23. The van der Waals surface area contributed by atoms with Crippen molar-refractivity contribution in [3.63, 3.8) is 0 Å². The number of hydrogen-bond acceptors (Lipinski definition) is 5. The highest BCUT2D eigenvalue weighted by Crippen LogP contribution is 2.26. The molecule has 2 aromatic carbocycles. The summed E-state index contributed by atoms with van der Waals surface area (Å²) in [6, 6.07) is 16.3. The van der Waals surface area contributed by atoms with E-state index in [4.69, 9.17) is 13.9 Å². The van der Waals surface area contributed by atoms with Crippen molar-refractivity contribution >= 4 is 24.1 Å². The zero-order valence-corrected chi connectivity index (χ0v) is 17.4. The van der Waals surface area contributed by atoms with Crippen molar-refractivity contribution in [1.29, 1.82) is 0 Å². The van der Waals surface area contributed by atoms with Gasteiger partial charge in [0.05, 0.1) is 0 Å². The fourth-order valence-electron chi connectivity index (χ4n) is 2.70. The van der Waals surface area contributed by atoms with E-state index in [-0.39, 0.29) is 0 Å². The monoisotopic (exact) mass is 414 g/mol. The normalized spacial score (nSPS) is 10.6. The first kappa shape index (κ1) is 21.6. The lowest BCUT2D eigenvalue weighted by atomic mass is 10.1. The SMILES string of the molecule is C=CC(=O)Oc1ccc(C=Cc2ccc(-c3ccc(OC(=O)C(=C)C)cc3)o2)cc1C. The van der Waals surface area contributed by atoms with Gasteiger partial charge in [0.1, 0.15) is 23.0 Å². The van der Waals surface area contributed by atoms with Crippen molar-refractivity contribution in [2.45, 2.75) is 13.8 Å². The van der Waals surface area contributed by atoms with Gasteiger partial charge in [-0.15, -0.1) is 0 Å². The Balaban J connectivity index is 1.68. The molecule has 0 aliphatic heterocycles. The quantitative estimate of drug-likeness (QED) is 0.270. The lowest BCUT2D eigenvalue weighted by molar-refractivity contribution is -0.130. The van der Waals surface area contributed by atoms with Gasteiger partial charge in [-0.1, -0.05) is 25.3 Å². The molecule has 0 fully saturated rings. The number of carbonyl (C=O) groups excluding carboxylic acids is 2. The summed E-state index contributed by atoms with van der Waals surface area (Å²) in [6.45, 7) is 10.4. The van der Waals surface area contributed by atoms with Gasteiger partial charge in [-0.3, -0.25) is 0 Å². The van der Waals surface area contributed by atoms with Crippen molar-refractivity contribution in [2.24, 2.45) is 0 Å². The summed E-state index contributed by atoms with van der Waals surface area (Å²) < 4.78 is 16.2. The Labute approximate surface area is 180 Å². The van der Waals surface area contributed by atoms with E-state index in [2.05, 4.69) is 13.2 Å². The number of hydrogen-bond donors (Lipinski definition) is 0. The van der Waals surface area contributed by atoms with Crippen molar-refractivity contribution in [3.8, 4) is 22.8 Å². The highest BCUT2D eigenvalue weighted by atomic mass is 16.5. The van der Waals surface area contributed by atoms with Crippen LogP contribution < -0.4 is 9.47 Å². The van der Waals surface area contributed by atoms with E-state index in [0.717, 1.165) is 22.8 Å². The van der Waals surface area contributed by atoms with E-state index in [1.807, 2.05) is 55.5 Å². The molecule has 1 heterocycles. The average molecular weight is 414 g/mol. The predicted molar refractivity (Wildman–Crippen MR) is 121 cm³/mol. The summed E-state index contributed by atoms with van der Waals surface area (Å²) in [5, 5.41) is 0. The van der Waals surface area contributed by atoms with Crippen molar-refractivity contribution < 1.29 is 23.5 Å². The van der Waals surface area contributed by atoms with Crippen molar-refractivity contribution in [3.05, 3.63) is 96.3 Å². The first-order valence-corrected chi connectivity index (χ1v) is 9.56. The van der Waals surface area contributed by atoms with E-state index < -0.39 is 11.9 Å². The third kappa shape index (κ3) is 5.70. The van der Waals surface area contributed by atoms with Crippen LogP contribution in [0.25, 0.3) is 23.5 Å². The smallest absolute Gasteiger partial charge is 0.338 e. The van der Waals surface area contributed by atoms with Crippen LogP contribution in [-0.4, -0.2) is 11.9 Å². The molecule has 3 aromatic rings. The number of esters is 2. The topological polar surface area (TPSA) is 65.7 Å². The predicted octanol–water partition coefficient (Wildman–Crippen LogP) is 6.00. The van der Waals surface area contributed by atoms with E-state index in [1.54, 1.807) is 25.1 Å². The molecule has 3 rings (SSSR count). The third-order valence-electron chi connectivity index (χ3n) is 4.34. The number of aryl methyl sites for hydroxylation is 1. The van der Waals surface area contributed by atoms with Crippen LogP contribution in [0.1, 0.15) is 23.8 Å². The molecule has 5 heteroatoms. The zero-order valence-electron chi connectivity index (χ0n) is 17.4. The fourth-order valence-corrected chi connectivity index (χ4v) is 2.70. The van der Waals surface area contributed by atoms with Crippen LogP contribution in [0, 0.1) is 6.92 Å². The van der Waals surface area contributed by atoms with Crippen molar-refractivity contribution in [2.75, 3.05) is 0 Å². The molecule has 0 saturated heterocycles. The lowest BCUT2D eigenvalue weighted by Gasteiger charge is -2.06. The molecular formula is C26H22O5. The van der Waals surface area contributed by atoms with Gasteiger partial charge >= 0.3 is 11.9 Å². The van der Waals surface area contributed by atoms with Crippen LogP contribution in [0.4, 0.5) is 0 Å². The first-order valence-electron chi connectivity index (χ1n) is 9.56. The molecule has 0 N–H and O–H groups in total. The van der Waals surface area contributed by atoms with Crippen LogP contribution in [0.3, 0.4) is 0 Å². The molecule has 0 amide bonds. The van der Waals surface area contributed by atoms with Crippen LogP contribution in [0.15, 0.2) is 83.8 Å². The van der Waals surface area contributed by atoms with Gasteiger partial charge in [0.2, 0.25) is 0 Å². The van der Waals surface area contributed by atoms with Crippen LogP contribution >= 0.6 is 0 Å². The van der Waals surface area contributed by atoms with Crippen LogP contribution in [-0.2, 0) is 9.59 Å². The second-order valence-electron chi connectivity index (χ2n) is 6.88. The molecule has 5 nitrogen and oxygen atoms in total. The maximum Gasteiger partial charge on any atom is 0.338 e. The van der Waals surface area contributed by atoms with Gasteiger partial charge in [-0.2, -0.15) is 0 Å². The minimum absolute atomic E-state index is 0.342. The first-order chi connectivity index (χ1) is 14.9. The summed E-state index contributed by atoms with van der Waals surface area (Å²) >= 11 is 0. The van der Waals surface area contributed by atoms with Gasteiger partial charge in [0, 0.05) is 17.2 Å². The maximum atomic E-state index is 11.6. The molecule has 0 aliphatic carbocycles. The molecule has 1 aromatic heterocycles. The van der Waals surface area contributed by atoms with Crippen LogP contribution in [0.2, 0.25) is 0 Å². The number of furan rings is 1. The Morgan fingerprint density at radius 2 is 1.71 bits per heavy atom. The number of carbonyl (C=O) groups is 2. The lowest BCUT2D eigenvalue weighted by Crippen LogP contribution is -2.07. The number of ether oxygens (including phenoxy) is 2. The number of rotatable bonds is 7. The molecule has 0 bridgehead atoms. The van der Waals surface area contributed by atoms with Gasteiger partial charge < -0.3 is 13.9 Å². The highest BCUT2D eigenvalue weighted by Gasteiger charge is 2.08. The third-order valence-corrected chi connectivity index (χ3v) is 4.34. The summed E-state index contributed by atoms with van der Waals surface area (Å²) in [5.74, 6) is 1.38. The van der Waals surface area contributed by atoms with Gasteiger partial charge in [-0.05, 0) is 79.6 Å². The van der Waals surface area contributed by atoms with E-state index in [1.165, 1.54) is 0 Å². The standard InChI is InChI=1S/C26H22O5/c1-5-25(27)31-23-14-7-19(16-18(23)4)6-10-21-13-15-24(29-21)20-8-11-22(12-9-20)30-26(28)17(2)3/h5-16H,1-2H2,3-4H3. The van der Waals surface area contributed by atoms with Gasteiger partial charge in [-0.25, -0.2) is 9.59 Å². The molecular weight excluding hydrogens is 392 g/mol. The molecule has 0 radical (unpaired) electrons. The molecule has 0 unspecified atom stereocenters. The van der Waals surface area contributed by atoms with E-state index in [9.17, 15) is 9.59 Å². The second-order valence-corrected chi connectivity index (χ2v) is 6.88. The van der Waals surface area contributed by atoms with E-state index in [0.29, 0.717) is 28.6 Å². The molecule has 0 saturated carbocycles. The Hall–Kier alpha value is -4.12. The molecule has 0 aliphatic rings. The van der Waals surface area contributed by atoms with E-state index >= 15 is 0 Å². The Morgan fingerprint density at radius 1 is 0.968 bits per heavy atom. The summed E-state index contributed by atoms with van der Waals surface area (Å²) in [6.07, 6.45) is 4.90. The fraction of sp³-hybridized carbons (Fsp3) is 0.0769. The Morgan fingerprint density at radius 3 is 2.35 bits per heavy atom. The largest absolute Gasteiger partial charge is 0.457 e. The Kier molecular flexibility index (Phi) is 6.67. The Bertz CT molecular complexity index is 1160. The molecule has 0 spiro atoms. The number of benzene rings is 2. The summed E-state index contributed by atoms with van der Waals surface area (Å²) in [7, 11) is 0. The van der Waals surface area contributed by atoms with Gasteiger partial charge in [0.25, 0.3) is 0 Å². The van der Waals surface area contributed by atoms with Gasteiger partial charge in [0.15, 0.2) is 0 Å². The van der Waals surface area contributed by atoms with Crippen LogP contribution in [0.5, 0.6) is 11.5 Å².